The molecule has 0 bridgehead atoms. The first kappa shape index (κ1) is 19.1. The monoisotopic (exact) mass is 412 g/mol. The Kier molecular flexibility index (Phi) is 4.58. The number of carbonyl (C=O) groups excluding carboxylic acids is 1. The van der Waals surface area contributed by atoms with E-state index in [1.54, 1.807) is 49.4 Å². The maximum atomic E-state index is 13.2. The predicted molar refractivity (Wildman–Crippen MR) is 111 cm³/mol. The average molecular weight is 412 g/mol. The molecule has 7 nitrogen and oxygen atoms in total. The predicted octanol–water partition coefficient (Wildman–Crippen LogP) is 3.39. The van der Waals surface area contributed by atoms with Crippen molar-refractivity contribution in [3.63, 3.8) is 0 Å². The lowest BCUT2D eigenvalue weighted by molar-refractivity contribution is -0.116. The van der Waals surface area contributed by atoms with E-state index in [1.807, 2.05) is 12.1 Å². The number of nitrogens with zero attached hydrogens (tertiary/aromatic N) is 1. The summed E-state index contributed by atoms with van der Waals surface area (Å²) in [6.07, 6.45) is 0. The smallest absolute Gasteiger partial charge is 0.265 e. The van der Waals surface area contributed by atoms with E-state index >= 15 is 0 Å². The number of amides is 1. The van der Waals surface area contributed by atoms with Crippen molar-refractivity contribution in [3.05, 3.63) is 54.6 Å². The molecule has 1 aliphatic rings. The summed E-state index contributed by atoms with van der Waals surface area (Å²) < 4.78 is 37.9. The Morgan fingerprint density at radius 1 is 1.00 bits per heavy atom. The lowest BCUT2D eigenvalue weighted by atomic mass is 10.1. The molecule has 1 atom stereocenters. The van der Waals surface area contributed by atoms with Crippen LogP contribution in [-0.4, -0.2) is 34.6 Å². The highest BCUT2D eigenvalue weighted by Gasteiger charge is 2.40. The summed E-state index contributed by atoms with van der Waals surface area (Å²) in [6.45, 7) is 1.57. The number of ether oxygens (including phenoxy) is 2. The van der Waals surface area contributed by atoms with Gasteiger partial charge in [0.2, 0.25) is 5.91 Å². The molecule has 29 heavy (non-hydrogen) atoms. The van der Waals surface area contributed by atoms with Gasteiger partial charge in [0.1, 0.15) is 6.04 Å². The van der Waals surface area contributed by atoms with Crippen LogP contribution in [0.4, 0.5) is 11.4 Å². The summed E-state index contributed by atoms with van der Waals surface area (Å²) >= 11 is 0. The van der Waals surface area contributed by atoms with Crippen molar-refractivity contribution >= 4 is 38.1 Å². The second kappa shape index (κ2) is 6.97. The second-order valence-electron chi connectivity index (χ2n) is 6.67. The minimum Gasteiger partial charge on any atom is -0.493 e. The minimum absolute atomic E-state index is 0.219. The zero-order chi connectivity index (χ0) is 20.8. The molecule has 0 unspecified atom stereocenters. The molecule has 0 radical (unpaired) electrons. The Morgan fingerprint density at radius 2 is 1.69 bits per heavy atom. The number of sulfonamides is 1. The Balaban J connectivity index is 1.68. The molecule has 1 heterocycles. The number of carbonyl (C=O) groups is 1. The summed E-state index contributed by atoms with van der Waals surface area (Å²) in [5.41, 5.74) is 0.986. The van der Waals surface area contributed by atoms with Gasteiger partial charge in [-0.3, -0.25) is 9.10 Å². The van der Waals surface area contributed by atoms with Crippen LogP contribution in [0, 0.1) is 0 Å². The average Bonchev–Trinajstić information content (AvgIpc) is 2.95. The van der Waals surface area contributed by atoms with Crippen LogP contribution in [0.3, 0.4) is 0 Å². The Morgan fingerprint density at radius 3 is 2.38 bits per heavy atom. The second-order valence-corrected chi connectivity index (χ2v) is 8.45. The van der Waals surface area contributed by atoms with E-state index < -0.39 is 22.0 Å². The van der Waals surface area contributed by atoms with Crippen molar-refractivity contribution in [3.8, 4) is 11.5 Å². The molecule has 0 aromatic heterocycles. The summed E-state index contributed by atoms with van der Waals surface area (Å²) in [6, 6.07) is 14.5. The molecule has 1 N–H and O–H groups in total. The molecule has 0 aliphatic carbocycles. The van der Waals surface area contributed by atoms with Crippen LogP contribution in [0.15, 0.2) is 59.5 Å². The standard InChI is InChI=1S/C21H20N2O5S/c1-13(21(24)22-15-10-11-17(27-2)18(12-15)28-3)23-16-8-4-6-14-7-5-9-19(20(14)16)29(23,25)26/h4-13H,1-3H3,(H,22,24)/t13-/m0/s1. The minimum atomic E-state index is -3.83. The first-order valence-corrected chi connectivity index (χ1v) is 10.4. The third-order valence-electron chi connectivity index (χ3n) is 5.00. The molecule has 150 valence electrons. The number of hydrogen-bond acceptors (Lipinski definition) is 5. The van der Waals surface area contributed by atoms with Gasteiger partial charge in [-0.15, -0.1) is 0 Å². The molecular formula is C21H20N2O5S. The molecule has 0 fully saturated rings. The van der Waals surface area contributed by atoms with Gasteiger partial charge in [0, 0.05) is 17.1 Å². The third-order valence-corrected chi connectivity index (χ3v) is 6.93. The maximum absolute atomic E-state index is 13.2. The highest BCUT2D eigenvalue weighted by Crippen LogP contribution is 2.43. The van der Waals surface area contributed by atoms with Crippen molar-refractivity contribution in [2.45, 2.75) is 17.9 Å². The van der Waals surface area contributed by atoms with E-state index in [9.17, 15) is 13.2 Å². The van der Waals surface area contributed by atoms with Gasteiger partial charge in [0.25, 0.3) is 10.0 Å². The highest BCUT2D eigenvalue weighted by atomic mass is 32.2. The maximum Gasteiger partial charge on any atom is 0.265 e. The van der Waals surface area contributed by atoms with Crippen molar-refractivity contribution < 1.29 is 22.7 Å². The number of benzene rings is 3. The molecule has 1 amide bonds. The van der Waals surface area contributed by atoms with E-state index in [4.69, 9.17) is 9.47 Å². The number of methoxy groups -OCH3 is 2. The van der Waals surface area contributed by atoms with Gasteiger partial charge < -0.3 is 14.8 Å². The van der Waals surface area contributed by atoms with Crippen LogP contribution in [0.5, 0.6) is 11.5 Å². The molecule has 0 saturated carbocycles. The van der Waals surface area contributed by atoms with Crippen LogP contribution >= 0.6 is 0 Å². The van der Waals surface area contributed by atoms with E-state index in [1.165, 1.54) is 18.5 Å². The van der Waals surface area contributed by atoms with Crippen LogP contribution in [0.25, 0.3) is 10.8 Å². The lowest BCUT2D eigenvalue weighted by Crippen LogP contribution is -2.43. The first-order chi connectivity index (χ1) is 13.9. The largest absolute Gasteiger partial charge is 0.493 e. The molecule has 0 saturated heterocycles. The number of hydrogen-bond donors (Lipinski definition) is 1. The lowest BCUT2D eigenvalue weighted by Gasteiger charge is -2.25. The molecule has 1 aliphatic heterocycles. The Labute approximate surface area is 168 Å². The van der Waals surface area contributed by atoms with E-state index in [2.05, 4.69) is 5.32 Å². The highest BCUT2D eigenvalue weighted by molar-refractivity contribution is 7.93. The summed E-state index contributed by atoms with van der Waals surface area (Å²) in [5.74, 6) is 0.539. The zero-order valence-electron chi connectivity index (χ0n) is 16.2. The molecular weight excluding hydrogens is 392 g/mol. The van der Waals surface area contributed by atoms with Gasteiger partial charge in [0.05, 0.1) is 24.8 Å². The van der Waals surface area contributed by atoms with Crippen molar-refractivity contribution in [2.75, 3.05) is 23.8 Å². The topological polar surface area (TPSA) is 84.9 Å². The quantitative estimate of drug-likeness (QED) is 0.694. The number of rotatable bonds is 5. The SMILES string of the molecule is COc1ccc(NC(=O)[C@H](C)N2c3cccc4cccc(c34)S2(=O)=O)cc1OC. The van der Waals surface area contributed by atoms with E-state index in [0.717, 1.165) is 5.39 Å². The fourth-order valence-corrected chi connectivity index (χ4v) is 5.47. The van der Waals surface area contributed by atoms with E-state index in [0.29, 0.717) is 28.3 Å². The third kappa shape index (κ3) is 2.96. The molecule has 3 aromatic rings. The van der Waals surface area contributed by atoms with Gasteiger partial charge >= 0.3 is 0 Å². The van der Waals surface area contributed by atoms with E-state index in [-0.39, 0.29) is 4.90 Å². The summed E-state index contributed by atoms with van der Waals surface area (Å²) in [5, 5.41) is 4.22. The van der Waals surface area contributed by atoms with Gasteiger partial charge in [-0.05, 0) is 36.6 Å². The van der Waals surface area contributed by atoms with Crippen molar-refractivity contribution in [2.24, 2.45) is 0 Å². The Hall–Kier alpha value is -3.26. The zero-order valence-corrected chi connectivity index (χ0v) is 17.0. The number of nitrogens with one attached hydrogen (secondary N) is 1. The molecule has 3 aromatic carbocycles. The molecule has 8 heteroatoms. The van der Waals surface area contributed by atoms with Crippen LogP contribution in [-0.2, 0) is 14.8 Å². The summed E-state index contributed by atoms with van der Waals surface area (Å²) in [4.78, 5) is 13.1. The van der Waals surface area contributed by atoms with Crippen LogP contribution in [0.2, 0.25) is 0 Å². The normalized spacial score (nSPS) is 15.2. The fourth-order valence-electron chi connectivity index (χ4n) is 3.61. The summed E-state index contributed by atoms with van der Waals surface area (Å²) in [7, 11) is -0.807. The number of anilines is 2. The van der Waals surface area contributed by atoms with Crippen molar-refractivity contribution in [1.82, 2.24) is 0 Å². The van der Waals surface area contributed by atoms with Crippen molar-refractivity contribution in [1.29, 1.82) is 0 Å². The van der Waals surface area contributed by atoms with Crippen LogP contribution < -0.4 is 19.1 Å². The molecule has 4 rings (SSSR count). The fraction of sp³-hybridized carbons (Fsp3) is 0.190. The van der Waals surface area contributed by atoms with Gasteiger partial charge in [-0.1, -0.05) is 24.3 Å². The molecule has 0 spiro atoms. The Bertz CT molecular complexity index is 1220. The first-order valence-electron chi connectivity index (χ1n) is 8.97. The van der Waals surface area contributed by atoms with Gasteiger partial charge in [0.15, 0.2) is 11.5 Å². The van der Waals surface area contributed by atoms with Gasteiger partial charge in [-0.25, -0.2) is 8.42 Å². The van der Waals surface area contributed by atoms with Gasteiger partial charge in [-0.2, -0.15) is 0 Å². The van der Waals surface area contributed by atoms with Crippen LogP contribution in [0.1, 0.15) is 6.92 Å².